The molecule has 1 aromatic heterocycles. The molecule has 0 saturated carbocycles. The summed E-state index contributed by atoms with van der Waals surface area (Å²) < 4.78 is 11.2. The minimum absolute atomic E-state index is 0.128. The summed E-state index contributed by atoms with van der Waals surface area (Å²) >= 11 is 0. The summed E-state index contributed by atoms with van der Waals surface area (Å²) in [7, 11) is 0. The topological polar surface area (TPSA) is 75.2 Å². The normalized spacial score (nSPS) is 24.1. The lowest BCUT2D eigenvalue weighted by Crippen LogP contribution is -2.42. The molecule has 2 saturated heterocycles. The third kappa shape index (κ3) is 2.96. The summed E-state index contributed by atoms with van der Waals surface area (Å²) in [5, 5.41) is 13.2. The van der Waals surface area contributed by atoms with Crippen molar-refractivity contribution in [2.24, 2.45) is 0 Å². The monoisotopic (exact) mass is 322 g/mol. The maximum absolute atomic E-state index is 9.11. The van der Waals surface area contributed by atoms with Crippen LogP contribution in [0.15, 0.2) is 28.8 Å². The zero-order valence-electron chi connectivity index (χ0n) is 13.3. The minimum atomic E-state index is -0.128. The zero-order chi connectivity index (χ0) is 16.4. The average Bonchev–Trinajstić information content (AvgIpc) is 3.28. The number of morpholine rings is 1. The Bertz CT molecular complexity index is 792. The summed E-state index contributed by atoms with van der Waals surface area (Å²) in [6.07, 6.45) is 5.86. The lowest BCUT2D eigenvalue weighted by atomic mass is 10.1. The molecule has 3 heterocycles. The second-order valence-corrected chi connectivity index (χ2v) is 6.14. The van der Waals surface area contributed by atoms with Crippen LogP contribution in [-0.4, -0.2) is 40.8 Å². The lowest BCUT2D eigenvalue weighted by molar-refractivity contribution is -0.0548. The van der Waals surface area contributed by atoms with Gasteiger partial charge in [0.2, 0.25) is 5.82 Å². The fourth-order valence-electron chi connectivity index (χ4n) is 3.32. The molecule has 122 valence electrons. The van der Waals surface area contributed by atoms with Gasteiger partial charge in [-0.1, -0.05) is 23.4 Å². The number of nitrogens with zero attached hydrogens (tertiary/aromatic N) is 4. The quantitative estimate of drug-likeness (QED) is 0.865. The van der Waals surface area contributed by atoms with E-state index in [9.17, 15) is 0 Å². The van der Waals surface area contributed by atoms with E-state index in [2.05, 4.69) is 21.1 Å². The average molecular weight is 322 g/mol. The predicted octanol–water partition coefficient (Wildman–Crippen LogP) is 2.65. The maximum Gasteiger partial charge on any atom is 0.250 e. The van der Waals surface area contributed by atoms with E-state index in [0.717, 1.165) is 25.3 Å². The lowest BCUT2D eigenvalue weighted by Gasteiger charge is -2.33. The van der Waals surface area contributed by atoms with Crippen molar-refractivity contribution in [2.45, 2.75) is 25.0 Å². The molecule has 0 bridgehead atoms. The molecule has 2 aliphatic rings. The van der Waals surface area contributed by atoms with E-state index in [1.54, 1.807) is 12.1 Å². The van der Waals surface area contributed by atoms with Crippen molar-refractivity contribution in [3.63, 3.8) is 0 Å². The Labute approximate surface area is 140 Å². The molecular weight excluding hydrogens is 304 g/mol. The van der Waals surface area contributed by atoms with Crippen molar-refractivity contribution in [1.29, 1.82) is 5.26 Å². The Hall–Kier alpha value is -2.49. The third-order valence-electron chi connectivity index (χ3n) is 4.62. The van der Waals surface area contributed by atoms with E-state index in [1.807, 2.05) is 24.3 Å². The Balaban J connectivity index is 1.47. The van der Waals surface area contributed by atoms with Gasteiger partial charge in [0.25, 0.3) is 5.89 Å². The van der Waals surface area contributed by atoms with E-state index in [0.29, 0.717) is 23.3 Å². The minimum Gasteiger partial charge on any atom is -0.367 e. The van der Waals surface area contributed by atoms with Gasteiger partial charge in [0, 0.05) is 18.7 Å². The number of aromatic nitrogens is 2. The van der Waals surface area contributed by atoms with Gasteiger partial charge in [-0.15, -0.1) is 0 Å². The van der Waals surface area contributed by atoms with Crippen molar-refractivity contribution in [3.05, 3.63) is 47.1 Å². The molecule has 2 fully saturated rings. The molecule has 4 rings (SSSR count). The van der Waals surface area contributed by atoms with Crippen LogP contribution in [0.2, 0.25) is 0 Å². The van der Waals surface area contributed by atoms with Crippen molar-refractivity contribution < 1.29 is 9.26 Å². The summed E-state index contributed by atoms with van der Waals surface area (Å²) in [4.78, 5) is 6.87. The molecule has 2 aromatic rings. The Kier molecular flexibility index (Phi) is 4.11. The molecule has 6 nitrogen and oxygen atoms in total. The van der Waals surface area contributed by atoms with Gasteiger partial charge in [-0.3, -0.25) is 4.90 Å². The standard InChI is InChI=1S/C18H18N4O2/c19-10-14-5-2-1-4-13(14)7-8-17-20-18(21-24-17)16-11-22-9-3-6-15(22)12-23-16/h1-2,4-5,7-8,15-16H,3,6,9,11-12H2/b8-7+/t15-,16+/m0/s1. The van der Waals surface area contributed by atoms with Gasteiger partial charge in [0.15, 0.2) is 0 Å². The highest BCUT2D eigenvalue weighted by Crippen LogP contribution is 2.28. The molecule has 1 aromatic carbocycles. The molecule has 0 unspecified atom stereocenters. The number of ether oxygens (including phenoxy) is 1. The van der Waals surface area contributed by atoms with Crippen LogP contribution in [-0.2, 0) is 4.74 Å². The zero-order valence-corrected chi connectivity index (χ0v) is 13.3. The summed E-state index contributed by atoms with van der Waals surface area (Å²) in [6, 6.07) is 10.1. The molecule has 2 aliphatic heterocycles. The summed E-state index contributed by atoms with van der Waals surface area (Å²) in [6.45, 7) is 2.69. The first-order chi connectivity index (χ1) is 11.8. The van der Waals surface area contributed by atoms with Crippen molar-refractivity contribution in [1.82, 2.24) is 15.0 Å². The number of rotatable bonds is 3. The van der Waals surface area contributed by atoms with Crippen LogP contribution in [0.25, 0.3) is 12.2 Å². The number of benzene rings is 1. The first-order valence-electron chi connectivity index (χ1n) is 8.20. The van der Waals surface area contributed by atoms with Crippen LogP contribution in [0.1, 0.15) is 41.8 Å². The van der Waals surface area contributed by atoms with Gasteiger partial charge in [-0.2, -0.15) is 10.2 Å². The molecular formula is C18H18N4O2. The van der Waals surface area contributed by atoms with E-state index in [-0.39, 0.29) is 6.10 Å². The molecule has 24 heavy (non-hydrogen) atoms. The Morgan fingerprint density at radius 1 is 1.29 bits per heavy atom. The highest BCUT2D eigenvalue weighted by Gasteiger charge is 2.34. The molecule has 0 radical (unpaired) electrons. The molecule has 0 N–H and O–H groups in total. The van der Waals surface area contributed by atoms with Crippen LogP contribution in [0, 0.1) is 11.3 Å². The van der Waals surface area contributed by atoms with Gasteiger partial charge in [0.05, 0.1) is 18.2 Å². The van der Waals surface area contributed by atoms with Gasteiger partial charge in [-0.25, -0.2) is 0 Å². The van der Waals surface area contributed by atoms with Crippen LogP contribution in [0.5, 0.6) is 0 Å². The first kappa shape index (κ1) is 15.1. The molecule has 0 spiro atoms. The number of nitriles is 1. The first-order valence-corrected chi connectivity index (χ1v) is 8.20. The van der Waals surface area contributed by atoms with Gasteiger partial charge in [-0.05, 0) is 37.1 Å². The molecule has 2 atom stereocenters. The van der Waals surface area contributed by atoms with E-state index >= 15 is 0 Å². The highest BCUT2D eigenvalue weighted by atomic mass is 16.5. The number of hydrogen-bond donors (Lipinski definition) is 0. The maximum atomic E-state index is 9.11. The van der Waals surface area contributed by atoms with Crippen LogP contribution < -0.4 is 0 Å². The number of fused-ring (bicyclic) bond motifs is 1. The Morgan fingerprint density at radius 3 is 3.12 bits per heavy atom. The molecule has 0 amide bonds. The third-order valence-corrected chi connectivity index (χ3v) is 4.62. The largest absolute Gasteiger partial charge is 0.367 e. The SMILES string of the molecule is N#Cc1ccccc1/C=C/c1nc([C@H]2CN3CCC[C@H]3CO2)no1. The smallest absolute Gasteiger partial charge is 0.250 e. The van der Waals surface area contributed by atoms with Crippen molar-refractivity contribution >= 4 is 12.2 Å². The van der Waals surface area contributed by atoms with Crippen molar-refractivity contribution in [2.75, 3.05) is 19.7 Å². The summed E-state index contributed by atoms with van der Waals surface area (Å²) in [5.41, 5.74) is 1.44. The Morgan fingerprint density at radius 2 is 2.21 bits per heavy atom. The van der Waals surface area contributed by atoms with E-state index in [1.165, 1.54) is 12.8 Å². The van der Waals surface area contributed by atoms with Gasteiger partial charge >= 0.3 is 0 Å². The predicted molar refractivity (Wildman–Crippen MR) is 87.7 cm³/mol. The second kappa shape index (κ2) is 6.56. The van der Waals surface area contributed by atoms with Crippen molar-refractivity contribution in [3.8, 4) is 6.07 Å². The van der Waals surface area contributed by atoms with Gasteiger partial charge < -0.3 is 9.26 Å². The van der Waals surface area contributed by atoms with Gasteiger partial charge in [0.1, 0.15) is 6.10 Å². The van der Waals surface area contributed by atoms with Crippen LogP contribution in [0.4, 0.5) is 0 Å². The molecule has 6 heteroatoms. The van der Waals surface area contributed by atoms with E-state index < -0.39 is 0 Å². The summed E-state index contributed by atoms with van der Waals surface area (Å²) in [5.74, 6) is 1.01. The van der Waals surface area contributed by atoms with Crippen LogP contribution in [0.3, 0.4) is 0 Å². The highest BCUT2D eigenvalue weighted by molar-refractivity contribution is 5.69. The number of hydrogen-bond acceptors (Lipinski definition) is 6. The molecule has 0 aliphatic carbocycles. The van der Waals surface area contributed by atoms with E-state index in [4.69, 9.17) is 14.5 Å². The fourth-order valence-corrected chi connectivity index (χ4v) is 3.32. The second-order valence-electron chi connectivity index (χ2n) is 6.14. The fraction of sp³-hybridized carbons (Fsp3) is 0.389. The van der Waals surface area contributed by atoms with Crippen LogP contribution >= 0.6 is 0 Å².